The third-order valence-corrected chi connectivity index (χ3v) is 5.83. The molecule has 0 bridgehead atoms. The van der Waals surface area contributed by atoms with Gasteiger partial charge in [-0.05, 0) is 36.1 Å². The second-order valence-electron chi connectivity index (χ2n) is 5.70. The van der Waals surface area contributed by atoms with Crippen LogP contribution in [0.15, 0.2) is 50.6 Å². The van der Waals surface area contributed by atoms with Gasteiger partial charge in [-0.2, -0.15) is 0 Å². The highest BCUT2D eigenvalue weighted by Crippen LogP contribution is 2.22. The monoisotopic (exact) mass is 370 g/mol. The second-order valence-corrected chi connectivity index (χ2v) is 7.56. The van der Waals surface area contributed by atoms with Crippen molar-refractivity contribution >= 4 is 39.0 Å². The van der Waals surface area contributed by atoms with Crippen LogP contribution in [0.5, 0.6) is 0 Å². The van der Waals surface area contributed by atoms with E-state index in [0.717, 1.165) is 5.56 Å². The predicted octanol–water partition coefficient (Wildman–Crippen LogP) is 2.60. The van der Waals surface area contributed by atoms with E-state index in [4.69, 9.17) is 0 Å². The van der Waals surface area contributed by atoms with Gasteiger partial charge in [-0.3, -0.25) is 18.6 Å². The van der Waals surface area contributed by atoms with E-state index in [1.54, 1.807) is 17.8 Å². The van der Waals surface area contributed by atoms with E-state index in [2.05, 4.69) is 9.97 Å². The van der Waals surface area contributed by atoms with Gasteiger partial charge in [-0.15, -0.1) is 11.3 Å². The molecular weight excluding hydrogens is 356 g/mol. The Labute approximate surface area is 150 Å². The van der Waals surface area contributed by atoms with Crippen molar-refractivity contribution in [3.05, 3.63) is 67.8 Å². The average molecular weight is 370 g/mol. The van der Waals surface area contributed by atoms with Crippen LogP contribution in [-0.2, 0) is 12.8 Å². The summed E-state index contributed by atoms with van der Waals surface area (Å²) < 4.78 is 3.72. The zero-order valence-electron chi connectivity index (χ0n) is 13.6. The molecule has 4 heterocycles. The molecule has 0 radical (unpaired) electrons. The maximum Gasteiger partial charge on any atom is 0.271 e. The Kier molecular flexibility index (Phi) is 3.93. The normalized spacial score (nSPS) is 11.4. The van der Waals surface area contributed by atoms with Crippen LogP contribution in [0.1, 0.15) is 11.3 Å². The van der Waals surface area contributed by atoms with E-state index < -0.39 is 0 Å². The molecule has 0 unspecified atom stereocenters. The van der Waals surface area contributed by atoms with E-state index in [1.165, 1.54) is 33.6 Å². The molecule has 0 N–H and O–H groups in total. The summed E-state index contributed by atoms with van der Waals surface area (Å²) in [5.74, 6) is 0.468. The van der Waals surface area contributed by atoms with Crippen LogP contribution in [0.4, 0.5) is 0 Å². The Morgan fingerprint density at radius 1 is 1.20 bits per heavy atom. The first-order valence-corrected chi connectivity index (χ1v) is 9.45. The minimum absolute atomic E-state index is 0.0512. The molecule has 0 aliphatic carbocycles. The molecule has 0 spiro atoms. The Hall–Kier alpha value is -2.45. The van der Waals surface area contributed by atoms with Gasteiger partial charge < -0.3 is 0 Å². The molecule has 0 saturated carbocycles. The topological polar surface area (TPSA) is 69.3 Å². The zero-order valence-corrected chi connectivity index (χ0v) is 15.2. The van der Waals surface area contributed by atoms with Gasteiger partial charge in [0, 0.05) is 25.1 Å². The quantitative estimate of drug-likeness (QED) is 0.410. The fourth-order valence-electron chi connectivity index (χ4n) is 2.56. The number of thiophene rings is 1. The van der Waals surface area contributed by atoms with Crippen molar-refractivity contribution in [2.45, 2.75) is 17.8 Å². The molecule has 0 aliphatic heterocycles. The Morgan fingerprint density at radius 2 is 2.04 bits per heavy atom. The molecule has 0 fully saturated rings. The van der Waals surface area contributed by atoms with E-state index in [9.17, 15) is 9.59 Å². The number of thioether (sulfide) groups is 1. The number of aryl methyl sites for hydroxylation is 1. The Bertz CT molecular complexity index is 1220. The lowest BCUT2D eigenvalue weighted by molar-refractivity contribution is 0.727. The lowest BCUT2D eigenvalue weighted by Crippen LogP contribution is -2.19. The molecule has 4 rings (SSSR count). The summed E-state index contributed by atoms with van der Waals surface area (Å²) in [6.07, 6.45) is 1.73. The molecule has 0 saturated heterocycles. The van der Waals surface area contributed by atoms with Crippen molar-refractivity contribution < 1.29 is 0 Å². The van der Waals surface area contributed by atoms with Gasteiger partial charge in [0.2, 0.25) is 0 Å². The van der Waals surface area contributed by atoms with Crippen LogP contribution in [-0.4, -0.2) is 18.9 Å². The van der Waals surface area contributed by atoms with Gasteiger partial charge >= 0.3 is 0 Å². The van der Waals surface area contributed by atoms with Crippen LogP contribution in [0.25, 0.3) is 15.9 Å². The van der Waals surface area contributed by atoms with Crippen molar-refractivity contribution in [2.75, 3.05) is 0 Å². The maximum atomic E-state index is 12.3. The number of hydrogen-bond donors (Lipinski definition) is 0. The summed E-state index contributed by atoms with van der Waals surface area (Å²) in [4.78, 5) is 33.6. The minimum atomic E-state index is -0.115. The molecule has 0 amide bonds. The van der Waals surface area contributed by atoms with Crippen LogP contribution >= 0.6 is 23.1 Å². The number of rotatable bonds is 3. The molecule has 0 aliphatic rings. The lowest BCUT2D eigenvalue weighted by Gasteiger charge is -2.07. The summed E-state index contributed by atoms with van der Waals surface area (Å²) in [6, 6.07) is 7.12. The fraction of sp³-hybridized carbons (Fsp3) is 0.176. The number of aromatic nitrogens is 4. The predicted molar refractivity (Wildman–Crippen MR) is 101 cm³/mol. The van der Waals surface area contributed by atoms with Crippen molar-refractivity contribution in [3.8, 4) is 0 Å². The van der Waals surface area contributed by atoms with Crippen molar-refractivity contribution in [2.24, 2.45) is 7.05 Å². The van der Waals surface area contributed by atoms with Crippen LogP contribution in [0, 0.1) is 6.92 Å². The highest BCUT2D eigenvalue weighted by molar-refractivity contribution is 7.98. The van der Waals surface area contributed by atoms with Gasteiger partial charge in [0.15, 0.2) is 5.16 Å². The number of pyridine rings is 1. The largest absolute Gasteiger partial charge is 0.290 e. The molecule has 0 aromatic carbocycles. The van der Waals surface area contributed by atoms with E-state index in [1.807, 2.05) is 30.5 Å². The summed E-state index contributed by atoms with van der Waals surface area (Å²) in [7, 11) is 1.71. The molecule has 126 valence electrons. The van der Waals surface area contributed by atoms with Crippen LogP contribution in [0.2, 0.25) is 0 Å². The molecule has 6 nitrogen and oxygen atoms in total. The SMILES string of the molecule is Cc1ccn2c(=O)cc(CSc3nc4ccsc4c(=O)n3C)nc2c1. The Balaban J connectivity index is 1.70. The number of fused-ring (bicyclic) bond motifs is 2. The van der Waals surface area contributed by atoms with E-state index >= 15 is 0 Å². The lowest BCUT2D eigenvalue weighted by atomic mass is 10.3. The first kappa shape index (κ1) is 16.0. The average Bonchev–Trinajstić information content (AvgIpc) is 3.05. The molecule has 0 atom stereocenters. The minimum Gasteiger partial charge on any atom is -0.290 e. The Morgan fingerprint density at radius 3 is 2.88 bits per heavy atom. The summed E-state index contributed by atoms with van der Waals surface area (Å²) in [5, 5.41) is 2.48. The van der Waals surface area contributed by atoms with Gasteiger partial charge in [0.25, 0.3) is 11.1 Å². The van der Waals surface area contributed by atoms with Gasteiger partial charge in [-0.1, -0.05) is 11.8 Å². The number of hydrogen-bond acceptors (Lipinski definition) is 6. The zero-order chi connectivity index (χ0) is 17.6. The number of nitrogens with zero attached hydrogens (tertiary/aromatic N) is 4. The van der Waals surface area contributed by atoms with Gasteiger partial charge in [0.05, 0.1) is 11.2 Å². The maximum absolute atomic E-state index is 12.3. The van der Waals surface area contributed by atoms with Crippen LogP contribution in [0.3, 0.4) is 0 Å². The van der Waals surface area contributed by atoms with Crippen LogP contribution < -0.4 is 11.1 Å². The molecule has 4 aromatic heterocycles. The molecular formula is C17H14N4O2S2. The fourth-order valence-corrected chi connectivity index (χ4v) is 4.23. The first-order chi connectivity index (χ1) is 12.0. The van der Waals surface area contributed by atoms with Gasteiger partial charge in [-0.25, -0.2) is 9.97 Å². The highest BCUT2D eigenvalue weighted by Gasteiger charge is 2.11. The third kappa shape index (κ3) is 2.87. The third-order valence-electron chi connectivity index (χ3n) is 3.87. The van der Waals surface area contributed by atoms with E-state index in [-0.39, 0.29) is 11.1 Å². The van der Waals surface area contributed by atoms with Crippen molar-refractivity contribution in [1.29, 1.82) is 0 Å². The first-order valence-electron chi connectivity index (χ1n) is 7.59. The molecule has 25 heavy (non-hydrogen) atoms. The van der Waals surface area contributed by atoms with Crippen molar-refractivity contribution in [3.63, 3.8) is 0 Å². The summed E-state index contributed by atoms with van der Waals surface area (Å²) in [6.45, 7) is 1.96. The van der Waals surface area contributed by atoms with E-state index in [0.29, 0.717) is 32.5 Å². The smallest absolute Gasteiger partial charge is 0.271 e. The van der Waals surface area contributed by atoms with Crippen molar-refractivity contribution in [1.82, 2.24) is 18.9 Å². The second kappa shape index (κ2) is 6.12. The van der Waals surface area contributed by atoms with Gasteiger partial charge in [0.1, 0.15) is 10.3 Å². The standard InChI is InChI=1S/C17H14N4O2S2/c1-10-3-5-21-13(7-10)18-11(8-14(21)22)9-25-17-19-12-4-6-24-15(12)16(23)20(17)2/h3-8H,9H2,1-2H3. The summed E-state index contributed by atoms with van der Waals surface area (Å²) >= 11 is 2.79. The molecule has 8 heteroatoms. The molecule has 4 aromatic rings. The highest BCUT2D eigenvalue weighted by atomic mass is 32.2. The summed E-state index contributed by atoms with van der Waals surface area (Å²) in [5.41, 5.74) is 2.88.